The lowest BCUT2D eigenvalue weighted by Gasteiger charge is -2.31. The second kappa shape index (κ2) is 6.48. The molecule has 2 aromatic carbocycles. The fourth-order valence-corrected chi connectivity index (χ4v) is 3.26. The average Bonchev–Trinajstić information content (AvgIpc) is 2.61. The van der Waals surface area contributed by atoms with Crippen LogP contribution in [0, 0.1) is 13.8 Å². The first-order chi connectivity index (χ1) is 11.5. The standard InChI is InChI=1S/C20H21NO3/c1-13-7-4-8-15(14(13)2)19(22)21-12-6-10-16-17(20(23)24-3)9-5-11-18(16)21/h4-5,7-9,11H,6,10,12H2,1-3H3. The molecule has 1 aliphatic rings. The number of amides is 1. The minimum absolute atomic E-state index is 0.0147. The summed E-state index contributed by atoms with van der Waals surface area (Å²) in [6.45, 7) is 4.63. The maximum Gasteiger partial charge on any atom is 0.338 e. The van der Waals surface area contributed by atoms with Gasteiger partial charge in [-0.25, -0.2) is 4.79 Å². The van der Waals surface area contributed by atoms with Crippen LogP contribution < -0.4 is 4.90 Å². The van der Waals surface area contributed by atoms with Crippen LogP contribution in [0.3, 0.4) is 0 Å². The second-order valence-electron chi connectivity index (χ2n) is 6.10. The largest absolute Gasteiger partial charge is 0.465 e. The highest BCUT2D eigenvalue weighted by molar-refractivity contribution is 6.08. The van der Waals surface area contributed by atoms with Crippen molar-refractivity contribution in [3.05, 3.63) is 64.2 Å². The highest BCUT2D eigenvalue weighted by Crippen LogP contribution is 2.32. The Bertz CT molecular complexity index is 811. The maximum atomic E-state index is 13.1. The lowest BCUT2D eigenvalue weighted by atomic mass is 9.94. The second-order valence-corrected chi connectivity index (χ2v) is 6.10. The molecule has 4 nitrogen and oxygen atoms in total. The zero-order chi connectivity index (χ0) is 17.3. The van der Waals surface area contributed by atoms with Gasteiger partial charge in [-0.15, -0.1) is 0 Å². The molecule has 0 aromatic heterocycles. The summed E-state index contributed by atoms with van der Waals surface area (Å²) < 4.78 is 4.88. The summed E-state index contributed by atoms with van der Waals surface area (Å²) in [7, 11) is 1.38. The van der Waals surface area contributed by atoms with Gasteiger partial charge in [0, 0.05) is 17.8 Å². The van der Waals surface area contributed by atoms with E-state index < -0.39 is 0 Å². The molecule has 1 heterocycles. The Morgan fingerprint density at radius 3 is 2.50 bits per heavy atom. The number of nitrogens with zero attached hydrogens (tertiary/aromatic N) is 1. The fraction of sp³-hybridized carbons (Fsp3) is 0.300. The number of hydrogen-bond donors (Lipinski definition) is 0. The molecule has 4 heteroatoms. The summed E-state index contributed by atoms with van der Waals surface area (Å²) in [5, 5.41) is 0. The lowest BCUT2D eigenvalue weighted by Crippen LogP contribution is -2.36. The molecule has 0 saturated carbocycles. The topological polar surface area (TPSA) is 46.6 Å². The van der Waals surface area contributed by atoms with E-state index in [1.54, 1.807) is 17.0 Å². The van der Waals surface area contributed by atoms with E-state index in [2.05, 4.69) is 0 Å². The number of anilines is 1. The first-order valence-corrected chi connectivity index (χ1v) is 8.13. The molecule has 0 saturated heterocycles. The van der Waals surface area contributed by atoms with Crippen LogP contribution in [-0.2, 0) is 11.2 Å². The van der Waals surface area contributed by atoms with Crippen molar-refractivity contribution in [1.29, 1.82) is 0 Å². The highest BCUT2D eigenvalue weighted by atomic mass is 16.5. The van der Waals surface area contributed by atoms with Gasteiger partial charge in [-0.05, 0) is 61.6 Å². The molecule has 0 unspecified atom stereocenters. The Labute approximate surface area is 142 Å². The minimum atomic E-state index is -0.354. The van der Waals surface area contributed by atoms with E-state index in [1.165, 1.54) is 7.11 Å². The molecule has 0 aliphatic carbocycles. The van der Waals surface area contributed by atoms with Crippen molar-refractivity contribution in [3.8, 4) is 0 Å². The smallest absolute Gasteiger partial charge is 0.338 e. The van der Waals surface area contributed by atoms with E-state index in [0.29, 0.717) is 17.7 Å². The fourth-order valence-electron chi connectivity index (χ4n) is 3.26. The number of methoxy groups -OCH3 is 1. The Kier molecular flexibility index (Phi) is 4.38. The summed E-state index contributed by atoms with van der Waals surface area (Å²) in [6.07, 6.45) is 1.61. The van der Waals surface area contributed by atoms with Crippen LogP contribution >= 0.6 is 0 Å². The maximum absolute atomic E-state index is 13.1. The van der Waals surface area contributed by atoms with Crippen molar-refractivity contribution in [2.75, 3.05) is 18.6 Å². The SMILES string of the molecule is COC(=O)c1cccc2c1CCCN2C(=O)c1cccc(C)c1C. The van der Waals surface area contributed by atoms with Crippen molar-refractivity contribution in [3.63, 3.8) is 0 Å². The van der Waals surface area contributed by atoms with Gasteiger partial charge >= 0.3 is 5.97 Å². The van der Waals surface area contributed by atoms with Crippen LogP contribution in [0.15, 0.2) is 36.4 Å². The zero-order valence-electron chi connectivity index (χ0n) is 14.3. The van der Waals surface area contributed by atoms with Crippen molar-refractivity contribution in [2.24, 2.45) is 0 Å². The number of esters is 1. The van der Waals surface area contributed by atoms with Crippen LogP contribution in [0.25, 0.3) is 0 Å². The van der Waals surface area contributed by atoms with Gasteiger partial charge < -0.3 is 9.64 Å². The van der Waals surface area contributed by atoms with E-state index in [4.69, 9.17) is 4.74 Å². The predicted molar refractivity (Wildman–Crippen MR) is 93.7 cm³/mol. The molecule has 3 rings (SSSR count). The Balaban J connectivity index is 2.05. The lowest BCUT2D eigenvalue weighted by molar-refractivity contribution is 0.0599. The third kappa shape index (κ3) is 2.68. The van der Waals surface area contributed by atoms with E-state index in [-0.39, 0.29) is 11.9 Å². The third-order valence-corrected chi connectivity index (χ3v) is 4.74. The van der Waals surface area contributed by atoms with Crippen LogP contribution in [0.5, 0.6) is 0 Å². The molecular formula is C20H21NO3. The van der Waals surface area contributed by atoms with Gasteiger partial charge in [0.05, 0.1) is 12.7 Å². The van der Waals surface area contributed by atoms with Gasteiger partial charge in [0.15, 0.2) is 0 Å². The predicted octanol–water partition coefficient (Wildman–Crippen LogP) is 3.68. The number of carbonyl (C=O) groups is 2. The van der Waals surface area contributed by atoms with Gasteiger partial charge in [0.2, 0.25) is 0 Å². The first kappa shape index (κ1) is 16.2. The molecule has 0 atom stereocenters. The molecule has 0 fully saturated rings. The number of ether oxygens (including phenoxy) is 1. The number of carbonyl (C=O) groups excluding carboxylic acids is 2. The van der Waals surface area contributed by atoms with E-state index in [1.807, 2.05) is 38.1 Å². The van der Waals surface area contributed by atoms with Crippen molar-refractivity contribution >= 4 is 17.6 Å². The quantitative estimate of drug-likeness (QED) is 0.792. The van der Waals surface area contributed by atoms with Gasteiger partial charge in [0.25, 0.3) is 5.91 Å². The van der Waals surface area contributed by atoms with E-state index >= 15 is 0 Å². The summed E-state index contributed by atoms with van der Waals surface area (Å²) >= 11 is 0. The minimum Gasteiger partial charge on any atom is -0.465 e. The van der Waals surface area contributed by atoms with Crippen molar-refractivity contribution in [2.45, 2.75) is 26.7 Å². The van der Waals surface area contributed by atoms with Crippen LogP contribution in [0.1, 0.15) is 43.8 Å². The van der Waals surface area contributed by atoms with E-state index in [9.17, 15) is 9.59 Å². The monoisotopic (exact) mass is 323 g/mol. The Morgan fingerprint density at radius 2 is 1.75 bits per heavy atom. The Hall–Kier alpha value is -2.62. The van der Waals surface area contributed by atoms with Gasteiger partial charge in [-0.1, -0.05) is 18.2 Å². The zero-order valence-corrected chi connectivity index (χ0v) is 14.3. The molecule has 0 bridgehead atoms. The molecule has 1 aliphatic heterocycles. The first-order valence-electron chi connectivity index (χ1n) is 8.13. The summed E-state index contributed by atoms with van der Waals surface area (Å²) in [5.74, 6) is -0.368. The van der Waals surface area contributed by atoms with Crippen molar-refractivity contribution in [1.82, 2.24) is 0 Å². The molecule has 0 spiro atoms. The summed E-state index contributed by atoms with van der Waals surface area (Å²) in [6, 6.07) is 11.3. The van der Waals surface area contributed by atoms with Crippen LogP contribution in [-0.4, -0.2) is 25.5 Å². The van der Waals surface area contributed by atoms with Crippen LogP contribution in [0.4, 0.5) is 5.69 Å². The highest BCUT2D eigenvalue weighted by Gasteiger charge is 2.27. The molecule has 1 amide bonds. The van der Waals surface area contributed by atoms with Gasteiger partial charge in [-0.3, -0.25) is 4.79 Å². The molecular weight excluding hydrogens is 302 g/mol. The molecule has 0 radical (unpaired) electrons. The number of hydrogen-bond acceptors (Lipinski definition) is 3. The van der Waals surface area contributed by atoms with Crippen LogP contribution in [0.2, 0.25) is 0 Å². The number of fused-ring (bicyclic) bond motifs is 1. The Morgan fingerprint density at radius 1 is 1.04 bits per heavy atom. The number of aryl methyl sites for hydroxylation is 1. The third-order valence-electron chi connectivity index (χ3n) is 4.74. The molecule has 2 aromatic rings. The summed E-state index contributed by atoms with van der Waals surface area (Å²) in [4.78, 5) is 26.9. The number of rotatable bonds is 2. The number of benzene rings is 2. The van der Waals surface area contributed by atoms with Gasteiger partial charge in [0.1, 0.15) is 0 Å². The van der Waals surface area contributed by atoms with E-state index in [0.717, 1.165) is 35.2 Å². The average molecular weight is 323 g/mol. The van der Waals surface area contributed by atoms with Crippen molar-refractivity contribution < 1.29 is 14.3 Å². The summed E-state index contributed by atoms with van der Waals surface area (Å²) in [5.41, 5.74) is 5.07. The molecule has 24 heavy (non-hydrogen) atoms. The van der Waals surface area contributed by atoms with Gasteiger partial charge in [-0.2, -0.15) is 0 Å². The normalized spacial score (nSPS) is 13.4. The molecule has 124 valence electrons. The molecule has 0 N–H and O–H groups in total.